The van der Waals surface area contributed by atoms with Crippen LogP contribution in [0.25, 0.3) is 43.6 Å². The molecule has 0 amide bonds. The van der Waals surface area contributed by atoms with Crippen LogP contribution in [0.2, 0.25) is 0 Å². The number of nitriles is 1. The summed E-state index contributed by atoms with van der Waals surface area (Å²) in [5.74, 6) is 0.653. The number of benzene rings is 2. The molecule has 3 heterocycles. The van der Waals surface area contributed by atoms with E-state index in [2.05, 4.69) is 67.2 Å². The van der Waals surface area contributed by atoms with Gasteiger partial charge in [-0.3, -0.25) is 0 Å². The number of aromatic nitrogens is 1. The molecule has 5 aromatic rings. The number of nitrogens with zero attached hydrogens (tertiary/aromatic N) is 2. The van der Waals surface area contributed by atoms with Crippen LogP contribution < -0.4 is 4.57 Å². The van der Waals surface area contributed by atoms with Gasteiger partial charge in [-0.25, -0.2) is 4.57 Å². The van der Waals surface area contributed by atoms with Gasteiger partial charge in [0, 0.05) is 32.7 Å². The van der Waals surface area contributed by atoms with Crippen molar-refractivity contribution in [1.82, 2.24) is 0 Å². The summed E-state index contributed by atoms with van der Waals surface area (Å²) in [6, 6.07) is 21.5. The minimum Gasteiger partial charge on any atom is -0.454 e. The molecule has 4 heteroatoms. The fourth-order valence-electron chi connectivity index (χ4n) is 5.53. The molecular weight excluding hydrogens is 436 g/mol. The quantitative estimate of drug-likeness (QED) is 0.254. The molecule has 1 fully saturated rings. The van der Waals surface area contributed by atoms with Gasteiger partial charge in [0.1, 0.15) is 18.2 Å². The number of aryl methyl sites for hydroxylation is 2. The Kier molecular flexibility index (Phi) is 5.23. The van der Waals surface area contributed by atoms with Crippen LogP contribution in [0, 0.1) is 18.3 Å². The van der Waals surface area contributed by atoms with E-state index >= 15 is 0 Å². The molecule has 6 rings (SSSR count). The Balaban J connectivity index is 1.60. The molecule has 0 aliphatic heterocycles. The standard InChI is InChI=1S/C30H27N2OS/c1-19-11-13-22-23-14-12-21(18-31)28(26-16-15-25(34-26)20-8-4-3-5-9-20)30(23)33-29(22)27(19)24-10-6-7-17-32(24)2/h6-7,10-17,20H,3-5,8-9H2,1-2H3/q+1. The molecule has 3 nitrogen and oxygen atoms in total. The van der Waals surface area contributed by atoms with Crippen molar-refractivity contribution in [1.29, 1.82) is 5.26 Å². The number of furan rings is 1. The van der Waals surface area contributed by atoms with Gasteiger partial charge >= 0.3 is 0 Å². The first kappa shape index (κ1) is 21.1. The Morgan fingerprint density at radius 3 is 2.44 bits per heavy atom. The first-order valence-electron chi connectivity index (χ1n) is 12.1. The van der Waals surface area contributed by atoms with E-state index in [1.165, 1.54) is 42.5 Å². The molecule has 0 saturated heterocycles. The van der Waals surface area contributed by atoms with Gasteiger partial charge in [-0.2, -0.15) is 5.26 Å². The second-order valence-electron chi connectivity index (χ2n) is 9.45. The zero-order valence-corrected chi connectivity index (χ0v) is 20.4. The van der Waals surface area contributed by atoms with Crippen LogP contribution in [-0.4, -0.2) is 0 Å². The summed E-state index contributed by atoms with van der Waals surface area (Å²) in [5, 5.41) is 12.2. The molecule has 0 spiro atoms. The van der Waals surface area contributed by atoms with Crippen molar-refractivity contribution in [3.63, 3.8) is 0 Å². The van der Waals surface area contributed by atoms with E-state index in [0.29, 0.717) is 11.5 Å². The number of fused-ring (bicyclic) bond motifs is 3. The number of thiophene rings is 1. The monoisotopic (exact) mass is 463 g/mol. The van der Waals surface area contributed by atoms with Crippen LogP contribution in [0.1, 0.15) is 54.0 Å². The summed E-state index contributed by atoms with van der Waals surface area (Å²) >= 11 is 1.84. The minimum absolute atomic E-state index is 0.653. The predicted molar refractivity (Wildman–Crippen MR) is 139 cm³/mol. The van der Waals surface area contributed by atoms with Gasteiger partial charge in [0.2, 0.25) is 5.69 Å². The second-order valence-corrected chi connectivity index (χ2v) is 10.6. The van der Waals surface area contributed by atoms with E-state index in [4.69, 9.17) is 4.42 Å². The zero-order chi connectivity index (χ0) is 23.2. The summed E-state index contributed by atoms with van der Waals surface area (Å²) in [5.41, 5.74) is 6.70. The summed E-state index contributed by atoms with van der Waals surface area (Å²) < 4.78 is 8.83. The van der Waals surface area contributed by atoms with Crippen LogP contribution in [0.5, 0.6) is 0 Å². The number of rotatable bonds is 3. The lowest BCUT2D eigenvalue weighted by atomic mass is 9.88. The van der Waals surface area contributed by atoms with Crippen molar-refractivity contribution in [2.24, 2.45) is 7.05 Å². The van der Waals surface area contributed by atoms with E-state index in [1.54, 1.807) is 0 Å². The van der Waals surface area contributed by atoms with Crippen molar-refractivity contribution in [2.75, 3.05) is 0 Å². The molecule has 1 aliphatic rings. The van der Waals surface area contributed by atoms with E-state index in [1.807, 2.05) is 29.5 Å². The molecule has 1 saturated carbocycles. The van der Waals surface area contributed by atoms with Crippen LogP contribution in [-0.2, 0) is 7.05 Å². The Morgan fingerprint density at radius 1 is 0.912 bits per heavy atom. The van der Waals surface area contributed by atoms with Gasteiger partial charge in [-0.05, 0) is 61.6 Å². The molecule has 0 unspecified atom stereocenters. The summed E-state index contributed by atoms with van der Waals surface area (Å²) in [6.45, 7) is 2.13. The lowest BCUT2D eigenvalue weighted by Crippen LogP contribution is -2.30. The molecule has 168 valence electrons. The molecule has 0 bridgehead atoms. The van der Waals surface area contributed by atoms with Crippen LogP contribution >= 0.6 is 11.3 Å². The SMILES string of the molecule is Cc1ccc2c(oc3c(-c4ccc(C5CCCCC5)s4)c(C#N)ccc32)c1-c1cccc[n+]1C. The minimum atomic E-state index is 0.653. The molecule has 2 aromatic carbocycles. The second kappa shape index (κ2) is 8.42. The highest BCUT2D eigenvalue weighted by Gasteiger charge is 2.24. The third kappa shape index (κ3) is 3.35. The van der Waals surface area contributed by atoms with Gasteiger partial charge in [-0.15, -0.1) is 11.3 Å². The fourth-order valence-corrected chi connectivity index (χ4v) is 6.77. The maximum Gasteiger partial charge on any atom is 0.216 e. The third-order valence-corrected chi connectivity index (χ3v) is 8.60. The molecular formula is C30H27N2OS+. The summed E-state index contributed by atoms with van der Waals surface area (Å²) in [6.07, 6.45) is 8.60. The third-order valence-electron chi connectivity index (χ3n) is 7.33. The Bertz CT molecular complexity index is 1580. The first-order valence-corrected chi connectivity index (χ1v) is 12.9. The Labute approximate surface area is 203 Å². The van der Waals surface area contributed by atoms with E-state index < -0.39 is 0 Å². The molecule has 0 atom stereocenters. The predicted octanol–water partition coefficient (Wildman–Crippen LogP) is 8.03. The van der Waals surface area contributed by atoms with Crippen molar-refractivity contribution >= 4 is 33.3 Å². The fraction of sp³-hybridized carbons (Fsp3) is 0.267. The van der Waals surface area contributed by atoms with Gasteiger partial charge in [0.15, 0.2) is 6.20 Å². The molecule has 0 radical (unpaired) electrons. The van der Waals surface area contributed by atoms with Crippen molar-refractivity contribution < 1.29 is 8.98 Å². The van der Waals surface area contributed by atoms with Crippen molar-refractivity contribution in [3.8, 4) is 27.8 Å². The highest BCUT2D eigenvalue weighted by atomic mass is 32.1. The normalized spacial score (nSPS) is 14.6. The van der Waals surface area contributed by atoms with E-state index in [0.717, 1.165) is 43.6 Å². The largest absolute Gasteiger partial charge is 0.454 e. The smallest absolute Gasteiger partial charge is 0.216 e. The molecule has 0 N–H and O–H groups in total. The average molecular weight is 464 g/mol. The van der Waals surface area contributed by atoms with Gasteiger partial charge in [-0.1, -0.05) is 31.4 Å². The van der Waals surface area contributed by atoms with E-state index in [9.17, 15) is 5.26 Å². The molecule has 34 heavy (non-hydrogen) atoms. The highest BCUT2D eigenvalue weighted by molar-refractivity contribution is 7.15. The van der Waals surface area contributed by atoms with Crippen LogP contribution in [0.3, 0.4) is 0 Å². The molecule has 3 aromatic heterocycles. The highest BCUT2D eigenvalue weighted by Crippen LogP contribution is 2.45. The van der Waals surface area contributed by atoms with Crippen molar-refractivity contribution in [2.45, 2.75) is 44.9 Å². The number of hydrogen-bond acceptors (Lipinski definition) is 3. The van der Waals surface area contributed by atoms with Gasteiger partial charge in [0.25, 0.3) is 0 Å². The van der Waals surface area contributed by atoms with Gasteiger partial charge in [0.05, 0.1) is 22.8 Å². The maximum atomic E-state index is 9.99. The number of pyridine rings is 1. The lowest BCUT2D eigenvalue weighted by Gasteiger charge is -2.19. The molecule has 1 aliphatic carbocycles. The van der Waals surface area contributed by atoms with E-state index in [-0.39, 0.29) is 0 Å². The van der Waals surface area contributed by atoms with Crippen LogP contribution in [0.15, 0.2) is 65.2 Å². The first-order chi connectivity index (χ1) is 16.7. The Morgan fingerprint density at radius 2 is 1.68 bits per heavy atom. The number of hydrogen-bond donors (Lipinski definition) is 0. The lowest BCUT2D eigenvalue weighted by molar-refractivity contribution is -0.660. The average Bonchev–Trinajstić information content (AvgIpc) is 3.50. The zero-order valence-electron chi connectivity index (χ0n) is 19.6. The van der Waals surface area contributed by atoms with Gasteiger partial charge < -0.3 is 4.42 Å². The Hall–Kier alpha value is -3.42. The topological polar surface area (TPSA) is 40.8 Å². The summed E-state index contributed by atoms with van der Waals surface area (Å²) in [7, 11) is 2.06. The maximum absolute atomic E-state index is 9.99. The summed E-state index contributed by atoms with van der Waals surface area (Å²) in [4.78, 5) is 2.57. The van der Waals surface area contributed by atoms with Crippen LogP contribution in [0.4, 0.5) is 0 Å². The van der Waals surface area contributed by atoms with Crippen molar-refractivity contribution in [3.05, 3.63) is 76.8 Å².